The average Bonchev–Trinajstić information content (AvgIpc) is 2.53. The molecule has 2 aromatic rings. The highest BCUT2D eigenvalue weighted by Gasteiger charge is 2.20. The fourth-order valence-corrected chi connectivity index (χ4v) is 2.16. The second kappa shape index (κ2) is 7.36. The number of aromatic nitrogens is 1. The third-order valence-corrected chi connectivity index (χ3v) is 3.36. The number of nitrogens with zero attached hydrogens (tertiary/aromatic N) is 1. The van der Waals surface area contributed by atoms with E-state index in [0.717, 1.165) is 17.3 Å². The molecule has 0 fully saturated rings. The summed E-state index contributed by atoms with van der Waals surface area (Å²) < 4.78 is 0. The maximum Gasteiger partial charge on any atom is 0.326 e. The van der Waals surface area contributed by atoms with E-state index in [4.69, 9.17) is 0 Å². The van der Waals surface area contributed by atoms with Gasteiger partial charge in [-0.1, -0.05) is 24.3 Å². The van der Waals surface area contributed by atoms with Gasteiger partial charge < -0.3 is 10.4 Å². The molecule has 2 rings (SSSR count). The van der Waals surface area contributed by atoms with Crippen LogP contribution >= 0.6 is 0 Å². The van der Waals surface area contributed by atoms with Crippen LogP contribution in [-0.4, -0.2) is 28.0 Å². The number of carboxylic acid groups (broad SMARTS) is 1. The highest BCUT2D eigenvalue weighted by atomic mass is 16.4. The molecule has 0 unspecified atom stereocenters. The predicted molar refractivity (Wildman–Crippen MR) is 84.7 cm³/mol. The molecule has 1 atom stereocenters. The van der Waals surface area contributed by atoms with Gasteiger partial charge in [-0.15, -0.1) is 6.58 Å². The van der Waals surface area contributed by atoms with Gasteiger partial charge in [-0.05, 0) is 31.4 Å². The van der Waals surface area contributed by atoms with Gasteiger partial charge in [0.25, 0.3) is 5.91 Å². The third kappa shape index (κ3) is 3.91. The monoisotopic (exact) mass is 298 g/mol. The average molecular weight is 298 g/mol. The summed E-state index contributed by atoms with van der Waals surface area (Å²) in [4.78, 5) is 27.6. The van der Waals surface area contributed by atoms with E-state index < -0.39 is 17.9 Å². The van der Waals surface area contributed by atoms with Gasteiger partial charge in [0.05, 0.1) is 11.1 Å². The first-order chi connectivity index (χ1) is 10.6. The fraction of sp³-hybridized carbons (Fsp3) is 0.235. The van der Waals surface area contributed by atoms with Crippen LogP contribution in [-0.2, 0) is 4.79 Å². The van der Waals surface area contributed by atoms with Gasteiger partial charge >= 0.3 is 5.97 Å². The van der Waals surface area contributed by atoms with Crippen LogP contribution in [0.15, 0.2) is 49.2 Å². The standard InChI is InChI=1S/C17H18N2O3/c1-2-3-4-9-15(17(21)22)19-16(20)13-10-12-7-5-6-8-14(12)18-11-13/h2,5-8,10-11,15H,1,3-4,9H2,(H,19,20)(H,21,22)/t15-/m1/s1. The highest BCUT2D eigenvalue weighted by Crippen LogP contribution is 2.13. The Bertz CT molecular complexity index is 697. The highest BCUT2D eigenvalue weighted by molar-refractivity contribution is 5.99. The fourth-order valence-electron chi connectivity index (χ4n) is 2.16. The Morgan fingerprint density at radius 1 is 1.36 bits per heavy atom. The van der Waals surface area contributed by atoms with E-state index in [2.05, 4.69) is 16.9 Å². The Labute approximate surface area is 128 Å². The molecular formula is C17H18N2O3. The molecule has 1 heterocycles. The minimum atomic E-state index is -1.04. The van der Waals surface area contributed by atoms with Gasteiger partial charge in [-0.25, -0.2) is 4.79 Å². The number of carbonyl (C=O) groups excluding carboxylic acids is 1. The summed E-state index contributed by atoms with van der Waals surface area (Å²) in [6.45, 7) is 3.60. The molecule has 0 aliphatic rings. The van der Waals surface area contributed by atoms with Gasteiger partial charge in [0.1, 0.15) is 6.04 Å². The van der Waals surface area contributed by atoms with Crippen molar-refractivity contribution in [2.45, 2.75) is 25.3 Å². The molecule has 114 valence electrons. The van der Waals surface area contributed by atoms with Crippen LogP contribution in [0, 0.1) is 0 Å². The zero-order valence-corrected chi connectivity index (χ0v) is 12.2. The van der Waals surface area contributed by atoms with E-state index in [0.29, 0.717) is 18.4 Å². The molecule has 5 heteroatoms. The first-order valence-electron chi connectivity index (χ1n) is 7.11. The smallest absolute Gasteiger partial charge is 0.326 e. The summed E-state index contributed by atoms with van der Waals surface area (Å²) in [5, 5.41) is 12.6. The number of benzene rings is 1. The summed E-state index contributed by atoms with van der Waals surface area (Å²) in [5.41, 5.74) is 1.15. The molecule has 5 nitrogen and oxygen atoms in total. The molecule has 1 amide bonds. The van der Waals surface area contributed by atoms with Crippen LogP contribution < -0.4 is 5.32 Å². The molecule has 0 saturated heterocycles. The number of pyridine rings is 1. The number of nitrogens with one attached hydrogen (secondary N) is 1. The SMILES string of the molecule is C=CCCC[C@@H](NC(=O)c1cnc2ccccc2c1)C(=O)O. The Morgan fingerprint density at radius 2 is 2.14 bits per heavy atom. The van der Waals surface area contributed by atoms with Crippen molar-refractivity contribution in [3.8, 4) is 0 Å². The number of para-hydroxylation sites is 1. The lowest BCUT2D eigenvalue weighted by Gasteiger charge is -2.14. The van der Waals surface area contributed by atoms with Crippen LogP contribution in [0.25, 0.3) is 10.9 Å². The van der Waals surface area contributed by atoms with Gasteiger partial charge in [-0.2, -0.15) is 0 Å². The molecule has 22 heavy (non-hydrogen) atoms. The van der Waals surface area contributed by atoms with E-state index >= 15 is 0 Å². The Balaban J connectivity index is 2.10. The van der Waals surface area contributed by atoms with Crippen LogP contribution in [0.4, 0.5) is 0 Å². The van der Waals surface area contributed by atoms with Crippen molar-refractivity contribution in [3.05, 3.63) is 54.7 Å². The summed E-state index contributed by atoms with van der Waals surface area (Å²) in [5.74, 6) is -1.46. The molecule has 0 spiro atoms. The lowest BCUT2D eigenvalue weighted by atomic mass is 10.1. The van der Waals surface area contributed by atoms with E-state index in [9.17, 15) is 14.7 Å². The quantitative estimate of drug-likeness (QED) is 0.608. The van der Waals surface area contributed by atoms with Gasteiger partial charge in [0, 0.05) is 11.6 Å². The number of fused-ring (bicyclic) bond motifs is 1. The van der Waals surface area contributed by atoms with E-state index in [-0.39, 0.29) is 0 Å². The van der Waals surface area contributed by atoms with Crippen molar-refractivity contribution in [2.75, 3.05) is 0 Å². The van der Waals surface area contributed by atoms with Crippen LogP contribution in [0.2, 0.25) is 0 Å². The van der Waals surface area contributed by atoms with Gasteiger partial charge in [0.15, 0.2) is 0 Å². The first kappa shape index (κ1) is 15.7. The van der Waals surface area contributed by atoms with E-state index in [1.54, 1.807) is 12.1 Å². The molecule has 0 radical (unpaired) electrons. The van der Waals surface area contributed by atoms with Crippen molar-refractivity contribution in [1.82, 2.24) is 10.3 Å². The predicted octanol–water partition coefficient (Wildman–Crippen LogP) is 2.77. The zero-order chi connectivity index (χ0) is 15.9. The number of aliphatic carboxylic acids is 1. The largest absolute Gasteiger partial charge is 0.480 e. The molecule has 0 aliphatic carbocycles. The maximum absolute atomic E-state index is 12.2. The van der Waals surface area contributed by atoms with Crippen molar-refractivity contribution in [3.63, 3.8) is 0 Å². The van der Waals surface area contributed by atoms with Crippen LogP contribution in [0.5, 0.6) is 0 Å². The normalized spacial score (nSPS) is 11.8. The van der Waals surface area contributed by atoms with E-state index in [1.807, 2.05) is 24.3 Å². The maximum atomic E-state index is 12.2. The zero-order valence-electron chi connectivity index (χ0n) is 12.2. The number of hydrogen-bond donors (Lipinski definition) is 2. The summed E-state index contributed by atoms with van der Waals surface area (Å²) in [6, 6.07) is 8.25. The number of amides is 1. The van der Waals surface area contributed by atoms with Crippen molar-refractivity contribution in [2.24, 2.45) is 0 Å². The van der Waals surface area contributed by atoms with Crippen LogP contribution in [0.1, 0.15) is 29.6 Å². The lowest BCUT2D eigenvalue weighted by molar-refractivity contribution is -0.139. The molecular weight excluding hydrogens is 280 g/mol. The third-order valence-electron chi connectivity index (χ3n) is 3.36. The molecule has 0 bridgehead atoms. The minimum absolute atomic E-state index is 0.355. The summed E-state index contributed by atoms with van der Waals surface area (Å²) >= 11 is 0. The van der Waals surface area contributed by atoms with Crippen molar-refractivity contribution >= 4 is 22.8 Å². The van der Waals surface area contributed by atoms with E-state index in [1.165, 1.54) is 6.20 Å². The number of carbonyl (C=O) groups is 2. The molecule has 1 aromatic heterocycles. The lowest BCUT2D eigenvalue weighted by Crippen LogP contribution is -2.40. The molecule has 1 aromatic carbocycles. The number of carboxylic acids is 1. The van der Waals surface area contributed by atoms with Gasteiger partial charge in [0.2, 0.25) is 0 Å². The number of rotatable bonds is 7. The first-order valence-corrected chi connectivity index (χ1v) is 7.11. The van der Waals surface area contributed by atoms with Gasteiger partial charge in [-0.3, -0.25) is 9.78 Å². The second-order valence-electron chi connectivity index (χ2n) is 5.00. The van der Waals surface area contributed by atoms with Crippen molar-refractivity contribution < 1.29 is 14.7 Å². The molecule has 2 N–H and O–H groups in total. The minimum Gasteiger partial charge on any atom is -0.480 e. The second-order valence-corrected chi connectivity index (χ2v) is 5.00. The number of hydrogen-bond acceptors (Lipinski definition) is 3. The molecule has 0 aliphatic heterocycles. The Hall–Kier alpha value is -2.69. The molecule has 0 saturated carbocycles. The van der Waals surface area contributed by atoms with Crippen LogP contribution in [0.3, 0.4) is 0 Å². The topological polar surface area (TPSA) is 79.3 Å². The Kier molecular flexibility index (Phi) is 5.25. The number of unbranched alkanes of at least 4 members (excludes halogenated alkanes) is 1. The van der Waals surface area contributed by atoms with Crippen molar-refractivity contribution in [1.29, 1.82) is 0 Å². The Morgan fingerprint density at radius 3 is 2.86 bits per heavy atom. The summed E-state index contributed by atoms with van der Waals surface area (Å²) in [7, 11) is 0. The number of allylic oxidation sites excluding steroid dienone is 1. The summed E-state index contributed by atoms with van der Waals surface area (Å²) in [6.07, 6.45) is 4.94.